The molecule has 2 heterocycles. The molecule has 0 radical (unpaired) electrons. The van der Waals surface area contributed by atoms with Crippen LogP contribution in [-0.2, 0) is 4.79 Å². The predicted molar refractivity (Wildman–Crippen MR) is 89.8 cm³/mol. The summed E-state index contributed by atoms with van der Waals surface area (Å²) in [7, 11) is 0. The first kappa shape index (κ1) is 17.3. The lowest BCUT2D eigenvalue weighted by Gasteiger charge is -2.34. The molecule has 6 nitrogen and oxygen atoms in total. The quantitative estimate of drug-likeness (QED) is 0.904. The number of aromatic nitrogens is 2. The molecule has 1 N–H and O–H groups in total. The fraction of sp³-hybridized carbons (Fsp3) is 0.444. The van der Waals surface area contributed by atoms with Crippen molar-refractivity contribution in [1.29, 1.82) is 0 Å². The number of amides is 1. The van der Waals surface area contributed by atoms with Gasteiger partial charge < -0.3 is 10.0 Å². The molecule has 25 heavy (non-hydrogen) atoms. The van der Waals surface area contributed by atoms with Crippen LogP contribution in [0.4, 0.5) is 4.39 Å². The third kappa shape index (κ3) is 3.31. The van der Waals surface area contributed by atoms with E-state index < -0.39 is 23.6 Å². The van der Waals surface area contributed by atoms with Crippen LogP contribution in [0.3, 0.4) is 0 Å². The maximum atomic E-state index is 14.0. The number of carboxylic acid groups (broad SMARTS) is 1. The summed E-state index contributed by atoms with van der Waals surface area (Å²) in [5, 5.41) is 9.29. The molecule has 1 aliphatic rings. The number of likely N-dealkylation sites (tertiary alicyclic amines) is 1. The van der Waals surface area contributed by atoms with E-state index in [4.69, 9.17) is 0 Å². The maximum Gasteiger partial charge on any atom is 0.308 e. The first-order valence-electron chi connectivity index (χ1n) is 8.23. The first-order chi connectivity index (χ1) is 11.8. The highest BCUT2D eigenvalue weighted by atomic mass is 19.1. The average Bonchev–Trinajstić information content (AvgIpc) is 2.54. The normalized spacial score (nSPS) is 20.7. The van der Waals surface area contributed by atoms with Crippen molar-refractivity contribution in [3.8, 4) is 0 Å². The Kier molecular flexibility index (Phi) is 4.41. The molecule has 2 atom stereocenters. The Labute approximate surface area is 144 Å². The Hall–Kier alpha value is -2.57. The summed E-state index contributed by atoms with van der Waals surface area (Å²) >= 11 is 0. The minimum Gasteiger partial charge on any atom is -0.481 e. The lowest BCUT2D eigenvalue weighted by atomic mass is 9.90. The van der Waals surface area contributed by atoms with Gasteiger partial charge in [-0.25, -0.2) is 14.4 Å². The lowest BCUT2D eigenvalue weighted by molar-refractivity contribution is -0.143. The fourth-order valence-electron chi connectivity index (χ4n) is 3.33. The van der Waals surface area contributed by atoms with Crippen LogP contribution in [0.1, 0.15) is 35.1 Å². The summed E-state index contributed by atoms with van der Waals surface area (Å²) in [5.41, 5.74) is 2.15. The molecule has 0 saturated carbocycles. The molecule has 2 unspecified atom stereocenters. The Bertz CT molecular complexity index is 868. The summed E-state index contributed by atoms with van der Waals surface area (Å²) in [6.45, 7) is 6.03. The Morgan fingerprint density at radius 2 is 1.88 bits per heavy atom. The molecule has 132 valence electrons. The van der Waals surface area contributed by atoms with Crippen LogP contribution in [0.15, 0.2) is 12.1 Å². The molecular formula is C18H20FN3O3. The van der Waals surface area contributed by atoms with Crippen LogP contribution in [0, 0.1) is 31.5 Å². The highest BCUT2D eigenvalue weighted by molar-refractivity contribution is 6.05. The fourth-order valence-corrected chi connectivity index (χ4v) is 3.33. The monoisotopic (exact) mass is 345 g/mol. The molecule has 0 spiro atoms. The van der Waals surface area contributed by atoms with Crippen molar-refractivity contribution < 1.29 is 19.1 Å². The van der Waals surface area contributed by atoms with Gasteiger partial charge in [-0.2, -0.15) is 0 Å². The van der Waals surface area contributed by atoms with E-state index in [1.54, 1.807) is 13.8 Å². The number of carbonyl (C=O) groups is 2. The molecule has 1 aromatic carbocycles. The van der Waals surface area contributed by atoms with Gasteiger partial charge in [0, 0.05) is 19.2 Å². The molecule has 0 aliphatic carbocycles. The van der Waals surface area contributed by atoms with Crippen molar-refractivity contribution in [1.82, 2.24) is 14.9 Å². The molecular weight excluding hydrogens is 325 g/mol. The largest absolute Gasteiger partial charge is 0.481 e. The number of hydrogen-bond donors (Lipinski definition) is 1. The minimum absolute atomic E-state index is 0.0636. The van der Waals surface area contributed by atoms with Gasteiger partial charge in [0.15, 0.2) is 0 Å². The number of benzene rings is 1. The number of fused-ring (bicyclic) bond motifs is 1. The number of hydrogen-bond acceptors (Lipinski definition) is 4. The van der Waals surface area contributed by atoms with Gasteiger partial charge in [-0.1, -0.05) is 6.92 Å². The van der Waals surface area contributed by atoms with E-state index in [0.717, 1.165) is 6.07 Å². The van der Waals surface area contributed by atoms with Gasteiger partial charge in [-0.3, -0.25) is 9.59 Å². The molecule has 1 amide bonds. The second-order valence-electron chi connectivity index (χ2n) is 6.80. The standard InChI is InChI=1S/C18H20FN3O3/c1-9-4-12(18(24)25)8-22(7-9)17(23)14-5-13(19)6-15-16(14)21-11(3)10(2)20-15/h5-6,9,12H,4,7-8H2,1-3H3,(H,24,25). The Balaban J connectivity index is 2.04. The van der Waals surface area contributed by atoms with Crippen molar-refractivity contribution in [3.63, 3.8) is 0 Å². The number of halogens is 1. The van der Waals surface area contributed by atoms with Gasteiger partial charge in [0.2, 0.25) is 0 Å². The summed E-state index contributed by atoms with van der Waals surface area (Å²) in [5.74, 6) is -2.43. The van der Waals surface area contributed by atoms with Crippen molar-refractivity contribution in [3.05, 3.63) is 34.9 Å². The number of nitrogens with zero attached hydrogens (tertiary/aromatic N) is 3. The minimum atomic E-state index is -0.917. The molecule has 0 bridgehead atoms. The van der Waals surface area contributed by atoms with E-state index in [2.05, 4.69) is 9.97 Å². The van der Waals surface area contributed by atoms with E-state index in [1.165, 1.54) is 11.0 Å². The van der Waals surface area contributed by atoms with Gasteiger partial charge in [-0.05, 0) is 32.3 Å². The third-order valence-corrected chi connectivity index (χ3v) is 4.67. The highest BCUT2D eigenvalue weighted by Crippen LogP contribution is 2.26. The topological polar surface area (TPSA) is 83.4 Å². The molecule has 3 rings (SSSR count). The second-order valence-corrected chi connectivity index (χ2v) is 6.80. The molecule has 1 fully saturated rings. The van der Waals surface area contributed by atoms with Gasteiger partial charge >= 0.3 is 5.97 Å². The number of carbonyl (C=O) groups excluding carboxylic acids is 1. The first-order valence-corrected chi connectivity index (χ1v) is 8.23. The summed E-state index contributed by atoms with van der Waals surface area (Å²) in [6, 6.07) is 2.41. The number of piperidine rings is 1. The number of carboxylic acids is 1. The van der Waals surface area contributed by atoms with Crippen molar-refractivity contribution in [2.75, 3.05) is 13.1 Å². The zero-order chi connectivity index (χ0) is 18.3. The van der Waals surface area contributed by atoms with E-state index in [9.17, 15) is 19.1 Å². The van der Waals surface area contributed by atoms with Crippen LogP contribution >= 0.6 is 0 Å². The lowest BCUT2D eigenvalue weighted by Crippen LogP contribution is -2.45. The molecule has 2 aromatic rings. The van der Waals surface area contributed by atoms with Crippen molar-refractivity contribution >= 4 is 22.9 Å². The number of rotatable bonds is 2. The Morgan fingerprint density at radius 1 is 1.20 bits per heavy atom. The number of aryl methyl sites for hydroxylation is 2. The van der Waals surface area contributed by atoms with Crippen LogP contribution in [-0.4, -0.2) is 44.9 Å². The summed E-state index contributed by atoms with van der Waals surface area (Å²) in [4.78, 5) is 34.5. The van der Waals surface area contributed by atoms with Crippen LogP contribution in [0.25, 0.3) is 11.0 Å². The second kappa shape index (κ2) is 6.38. The number of aliphatic carboxylic acids is 1. The zero-order valence-corrected chi connectivity index (χ0v) is 14.4. The van der Waals surface area contributed by atoms with E-state index >= 15 is 0 Å². The van der Waals surface area contributed by atoms with Crippen LogP contribution in [0.5, 0.6) is 0 Å². The average molecular weight is 345 g/mol. The maximum absolute atomic E-state index is 14.0. The summed E-state index contributed by atoms with van der Waals surface area (Å²) in [6.07, 6.45) is 0.529. The van der Waals surface area contributed by atoms with E-state index in [-0.39, 0.29) is 18.0 Å². The molecule has 1 saturated heterocycles. The van der Waals surface area contributed by atoms with E-state index in [0.29, 0.717) is 35.4 Å². The molecule has 1 aliphatic heterocycles. The van der Waals surface area contributed by atoms with Gasteiger partial charge in [-0.15, -0.1) is 0 Å². The predicted octanol–water partition coefficient (Wildman–Crippen LogP) is 2.57. The SMILES string of the molecule is Cc1nc2cc(F)cc(C(=O)N3CC(C)CC(C(=O)O)C3)c2nc1C. The molecule has 1 aromatic heterocycles. The Morgan fingerprint density at radius 3 is 2.56 bits per heavy atom. The third-order valence-electron chi connectivity index (χ3n) is 4.67. The van der Waals surface area contributed by atoms with Crippen LogP contribution < -0.4 is 0 Å². The zero-order valence-electron chi connectivity index (χ0n) is 14.4. The highest BCUT2D eigenvalue weighted by Gasteiger charge is 2.33. The van der Waals surface area contributed by atoms with Crippen molar-refractivity contribution in [2.45, 2.75) is 27.2 Å². The van der Waals surface area contributed by atoms with Crippen molar-refractivity contribution in [2.24, 2.45) is 11.8 Å². The van der Waals surface area contributed by atoms with E-state index in [1.807, 2.05) is 6.92 Å². The van der Waals surface area contributed by atoms with Crippen LogP contribution in [0.2, 0.25) is 0 Å². The smallest absolute Gasteiger partial charge is 0.308 e. The molecule has 7 heteroatoms. The van der Waals surface area contributed by atoms with Gasteiger partial charge in [0.25, 0.3) is 5.91 Å². The summed E-state index contributed by atoms with van der Waals surface area (Å²) < 4.78 is 14.0. The van der Waals surface area contributed by atoms with Gasteiger partial charge in [0.05, 0.1) is 28.4 Å². The van der Waals surface area contributed by atoms with Gasteiger partial charge in [0.1, 0.15) is 11.3 Å².